The summed E-state index contributed by atoms with van der Waals surface area (Å²) in [4.78, 5) is 4.13. The Morgan fingerprint density at radius 3 is 2.95 bits per heavy atom. The number of rotatable bonds is 5. The van der Waals surface area contributed by atoms with E-state index in [1.54, 1.807) is 29.8 Å². The molecule has 0 fully saturated rings. The van der Waals surface area contributed by atoms with E-state index in [-0.39, 0.29) is 0 Å². The summed E-state index contributed by atoms with van der Waals surface area (Å²) in [5.74, 6) is 1.35. The van der Waals surface area contributed by atoms with E-state index in [4.69, 9.17) is 16.3 Å². The van der Waals surface area contributed by atoms with Crippen molar-refractivity contribution in [2.75, 3.05) is 0 Å². The van der Waals surface area contributed by atoms with Crippen molar-refractivity contribution in [3.8, 4) is 5.75 Å². The lowest BCUT2D eigenvalue weighted by Gasteiger charge is -2.13. The highest BCUT2D eigenvalue weighted by Gasteiger charge is 2.11. The summed E-state index contributed by atoms with van der Waals surface area (Å²) in [6.07, 6.45) is 0.859. The maximum atomic E-state index is 9.72. The zero-order valence-corrected chi connectivity index (χ0v) is 11.6. The molecule has 6 heteroatoms. The summed E-state index contributed by atoms with van der Waals surface area (Å²) in [7, 11) is 0. The summed E-state index contributed by atoms with van der Waals surface area (Å²) in [6, 6.07) is 5.18. The van der Waals surface area contributed by atoms with Gasteiger partial charge in [-0.2, -0.15) is 5.10 Å². The number of hydrogen-bond acceptors (Lipinski definition) is 4. The average Bonchev–Trinajstić information content (AvgIpc) is 2.84. The molecule has 0 aliphatic carbocycles. The Bertz CT molecular complexity index is 555. The number of aromatic nitrogens is 3. The summed E-state index contributed by atoms with van der Waals surface area (Å²) in [5.41, 5.74) is 0.662. The van der Waals surface area contributed by atoms with Gasteiger partial charge in [0.25, 0.3) is 0 Å². The van der Waals surface area contributed by atoms with Crippen molar-refractivity contribution in [2.45, 2.75) is 33.1 Å². The highest BCUT2D eigenvalue weighted by atomic mass is 35.5. The van der Waals surface area contributed by atoms with Crippen LogP contribution in [0.15, 0.2) is 24.5 Å². The van der Waals surface area contributed by atoms with Crippen LogP contribution in [0.3, 0.4) is 0 Å². The number of aliphatic hydroxyl groups is 1. The van der Waals surface area contributed by atoms with Crippen LogP contribution in [-0.2, 0) is 13.2 Å². The van der Waals surface area contributed by atoms with E-state index < -0.39 is 6.10 Å². The van der Waals surface area contributed by atoms with Gasteiger partial charge in [0.2, 0.25) is 0 Å². The van der Waals surface area contributed by atoms with E-state index in [9.17, 15) is 5.11 Å². The first-order valence-corrected chi connectivity index (χ1v) is 6.46. The number of ether oxygens (including phenoxy) is 1. The average molecular weight is 282 g/mol. The Hall–Kier alpha value is -1.59. The van der Waals surface area contributed by atoms with E-state index >= 15 is 0 Å². The quantitative estimate of drug-likeness (QED) is 0.915. The molecule has 0 saturated carbocycles. The third-order valence-corrected chi connectivity index (χ3v) is 3.01. The smallest absolute Gasteiger partial charge is 0.164 e. The first-order chi connectivity index (χ1) is 9.11. The fourth-order valence-corrected chi connectivity index (χ4v) is 1.96. The fourth-order valence-electron chi connectivity index (χ4n) is 1.78. The minimum atomic E-state index is -0.641. The molecular formula is C13H16ClN3O2. The van der Waals surface area contributed by atoms with Crippen LogP contribution in [0.25, 0.3) is 0 Å². The van der Waals surface area contributed by atoms with Crippen molar-refractivity contribution in [1.82, 2.24) is 14.8 Å². The number of hydrogen-bond donors (Lipinski definition) is 1. The zero-order chi connectivity index (χ0) is 13.8. The number of halogens is 1. The van der Waals surface area contributed by atoms with E-state index in [0.29, 0.717) is 22.9 Å². The largest absolute Gasteiger partial charge is 0.485 e. The zero-order valence-electron chi connectivity index (χ0n) is 10.9. The van der Waals surface area contributed by atoms with Gasteiger partial charge in [-0.05, 0) is 32.0 Å². The van der Waals surface area contributed by atoms with Gasteiger partial charge in [0, 0.05) is 17.1 Å². The lowest BCUT2D eigenvalue weighted by molar-refractivity contribution is 0.189. The molecular weight excluding hydrogens is 266 g/mol. The molecule has 0 amide bonds. The van der Waals surface area contributed by atoms with Crippen molar-refractivity contribution in [1.29, 1.82) is 0 Å². The minimum absolute atomic E-state index is 0.301. The van der Waals surface area contributed by atoms with Crippen LogP contribution in [0.1, 0.15) is 31.3 Å². The molecule has 0 bridgehead atoms. The van der Waals surface area contributed by atoms with Crippen molar-refractivity contribution >= 4 is 11.6 Å². The summed E-state index contributed by atoms with van der Waals surface area (Å²) in [6.45, 7) is 4.70. The van der Waals surface area contributed by atoms with Gasteiger partial charge >= 0.3 is 0 Å². The van der Waals surface area contributed by atoms with E-state index in [1.807, 2.05) is 6.92 Å². The molecule has 2 aromatic rings. The first kappa shape index (κ1) is 13.8. The molecule has 5 nitrogen and oxygen atoms in total. The standard InChI is InChI=1S/C13H16ClN3O2/c1-3-17-13(15-8-16-17)7-19-12-5-4-10(14)6-11(12)9(2)18/h4-6,8-9,18H,3,7H2,1-2H3. The van der Waals surface area contributed by atoms with Crippen LogP contribution in [0.4, 0.5) is 0 Å². The highest BCUT2D eigenvalue weighted by Crippen LogP contribution is 2.28. The van der Waals surface area contributed by atoms with Crippen LogP contribution in [0.5, 0.6) is 5.75 Å². The van der Waals surface area contributed by atoms with Gasteiger partial charge in [-0.3, -0.25) is 0 Å². The third-order valence-electron chi connectivity index (χ3n) is 2.77. The third kappa shape index (κ3) is 3.24. The molecule has 0 saturated heterocycles. The lowest BCUT2D eigenvalue weighted by atomic mass is 10.1. The second-order valence-corrected chi connectivity index (χ2v) is 4.58. The summed E-state index contributed by atoms with van der Waals surface area (Å²) >= 11 is 5.92. The van der Waals surface area contributed by atoms with Crippen molar-refractivity contribution in [3.05, 3.63) is 40.9 Å². The molecule has 0 radical (unpaired) electrons. The second kappa shape index (κ2) is 6.04. The molecule has 1 N–H and O–H groups in total. The summed E-state index contributed by atoms with van der Waals surface area (Å²) < 4.78 is 7.46. The van der Waals surface area contributed by atoms with Crippen LogP contribution in [0.2, 0.25) is 5.02 Å². The van der Waals surface area contributed by atoms with E-state index in [2.05, 4.69) is 10.1 Å². The molecule has 1 atom stereocenters. The van der Waals surface area contributed by atoms with Crippen molar-refractivity contribution in [3.63, 3.8) is 0 Å². The highest BCUT2D eigenvalue weighted by molar-refractivity contribution is 6.30. The number of aryl methyl sites for hydroxylation is 1. The second-order valence-electron chi connectivity index (χ2n) is 4.14. The molecule has 1 heterocycles. The molecule has 1 aromatic heterocycles. The van der Waals surface area contributed by atoms with Crippen LogP contribution >= 0.6 is 11.6 Å². The van der Waals surface area contributed by atoms with Crippen LogP contribution in [0, 0.1) is 0 Å². The topological polar surface area (TPSA) is 60.2 Å². The maximum Gasteiger partial charge on any atom is 0.164 e. The van der Waals surface area contributed by atoms with Crippen molar-refractivity contribution < 1.29 is 9.84 Å². The molecule has 2 rings (SSSR count). The van der Waals surface area contributed by atoms with E-state index in [0.717, 1.165) is 12.4 Å². The maximum absolute atomic E-state index is 9.72. The predicted molar refractivity (Wildman–Crippen MR) is 72.1 cm³/mol. The van der Waals surface area contributed by atoms with Gasteiger partial charge in [0.1, 0.15) is 18.7 Å². The normalized spacial score (nSPS) is 12.4. The SMILES string of the molecule is CCn1ncnc1COc1ccc(Cl)cc1C(C)O. The Kier molecular flexibility index (Phi) is 4.39. The van der Waals surface area contributed by atoms with Gasteiger partial charge in [0.05, 0.1) is 6.10 Å². The lowest BCUT2D eigenvalue weighted by Crippen LogP contribution is -2.08. The summed E-state index contributed by atoms with van der Waals surface area (Å²) in [5, 5.41) is 14.4. The van der Waals surface area contributed by atoms with Gasteiger partial charge in [0.15, 0.2) is 5.82 Å². The molecule has 0 spiro atoms. The monoisotopic (exact) mass is 281 g/mol. The van der Waals surface area contributed by atoms with Gasteiger partial charge in [-0.1, -0.05) is 11.6 Å². The number of nitrogens with zero attached hydrogens (tertiary/aromatic N) is 3. The Labute approximate surface area is 116 Å². The van der Waals surface area contributed by atoms with Crippen molar-refractivity contribution in [2.24, 2.45) is 0 Å². The van der Waals surface area contributed by atoms with E-state index in [1.165, 1.54) is 6.33 Å². The van der Waals surface area contributed by atoms with Crippen LogP contribution < -0.4 is 4.74 Å². The molecule has 102 valence electrons. The predicted octanol–water partition coefficient (Wildman–Crippen LogP) is 2.58. The molecule has 1 unspecified atom stereocenters. The van der Waals surface area contributed by atoms with Gasteiger partial charge < -0.3 is 9.84 Å². The van der Waals surface area contributed by atoms with Gasteiger partial charge in [-0.25, -0.2) is 9.67 Å². The number of benzene rings is 1. The Morgan fingerprint density at radius 2 is 2.26 bits per heavy atom. The molecule has 1 aromatic carbocycles. The molecule has 19 heavy (non-hydrogen) atoms. The minimum Gasteiger partial charge on any atom is -0.485 e. The Morgan fingerprint density at radius 1 is 1.47 bits per heavy atom. The molecule has 0 aliphatic rings. The number of aliphatic hydroxyl groups excluding tert-OH is 1. The Balaban J connectivity index is 2.15. The first-order valence-electron chi connectivity index (χ1n) is 6.08. The van der Waals surface area contributed by atoms with Gasteiger partial charge in [-0.15, -0.1) is 0 Å². The van der Waals surface area contributed by atoms with Crippen LogP contribution in [-0.4, -0.2) is 19.9 Å². The molecule has 0 aliphatic heterocycles. The fraction of sp³-hybridized carbons (Fsp3) is 0.385.